The van der Waals surface area contributed by atoms with Crippen LogP contribution in [0, 0.1) is 13.8 Å². The van der Waals surface area contributed by atoms with Gasteiger partial charge in [0.15, 0.2) is 0 Å². The summed E-state index contributed by atoms with van der Waals surface area (Å²) in [5.41, 5.74) is 3.50. The van der Waals surface area contributed by atoms with Crippen molar-refractivity contribution in [1.29, 1.82) is 0 Å². The van der Waals surface area contributed by atoms with Crippen LogP contribution in [0.1, 0.15) is 16.7 Å². The number of phenolic OH excluding ortho intramolecular Hbond substituents is 1. The van der Waals surface area contributed by atoms with Crippen molar-refractivity contribution < 1.29 is 5.11 Å². The average molecular weight is 291 g/mol. The maximum Gasteiger partial charge on any atom is 0.118 e. The van der Waals surface area contributed by atoms with Gasteiger partial charge in [0.2, 0.25) is 0 Å². The minimum atomic E-state index is 0.392. The van der Waals surface area contributed by atoms with Gasteiger partial charge in [0, 0.05) is 29.4 Å². The van der Waals surface area contributed by atoms with Crippen molar-refractivity contribution in [2.24, 2.45) is 0 Å². The fraction of sp³-hybridized carbons (Fsp3) is 0.400. The third-order valence-electron chi connectivity index (χ3n) is 2.36. The Bertz CT molecular complexity index is 299. The number of halogens is 1. The molecular weight excluding hydrogens is 277 g/mol. The molecular formula is C10H14INO. The van der Waals surface area contributed by atoms with E-state index in [9.17, 15) is 5.11 Å². The number of nitrogens with one attached hydrogen (secondary N) is 1. The third-order valence-corrected chi connectivity index (χ3v) is 2.90. The van der Waals surface area contributed by atoms with E-state index < -0.39 is 0 Å². The molecule has 0 aromatic heterocycles. The minimum absolute atomic E-state index is 0.392. The zero-order valence-electron chi connectivity index (χ0n) is 7.89. The molecule has 0 radical (unpaired) electrons. The summed E-state index contributed by atoms with van der Waals surface area (Å²) in [5, 5.41) is 9.43. The van der Waals surface area contributed by atoms with Crippen LogP contribution in [0.4, 0.5) is 0 Å². The van der Waals surface area contributed by atoms with Crippen LogP contribution in [-0.2, 0) is 6.42 Å². The molecule has 0 aliphatic rings. The molecule has 0 saturated heterocycles. The number of phenols is 1. The molecule has 1 rings (SSSR count). The smallest absolute Gasteiger partial charge is 0.118 e. The normalized spacial score (nSPS) is 10.4. The molecule has 0 fully saturated rings. The molecule has 1 aromatic carbocycles. The molecule has 2 N–H and O–H groups in total. The molecule has 13 heavy (non-hydrogen) atoms. The first-order chi connectivity index (χ1) is 6.16. The first kappa shape index (κ1) is 10.8. The highest BCUT2D eigenvalue weighted by molar-refractivity contribution is 14.1. The highest BCUT2D eigenvalue weighted by Crippen LogP contribution is 2.22. The Morgan fingerprint density at radius 1 is 1.31 bits per heavy atom. The fourth-order valence-electron chi connectivity index (χ4n) is 1.32. The SMILES string of the molecule is Cc1c(O)ccc(CCNI)c1C. The number of benzene rings is 1. The van der Waals surface area contributed by atoms with E-state index in [1.54, 1.807) is 6.07 Å². The fourth-order valence-corrected chi connectivity index (χ4v) is 1.58. The molecule has 0 aliphatic carbocycles. The highest BCUT2D eigenvalue weighted by Gasteiger charge is 2.04. The second-order valence-electron chi connectivity index (χ2n) is 3.13. The van der Waals surface area contributed by atoms with Gasteiger partial charge in [-0.2, -0.15) is 0 Å². The average Bonchev–Trinajstić information content (AvgIpc) is 2.13. The zero-order chi connectivity index (χ0) is 9.84. The van der Waals surface area contributed by atoms with Gasteiger partial charge in [0.25, 0.3) is 0 Å². The van der Waals surface area contributed by atoms with Crippen LogP contribution in [0.15, 0.2) is 12.1 Å². The van der Waals surface area contributed by atoms with Crippen molar-refractivity contribution >= 4 is 22.9 Å². The van der Waals surface area contributed by atoms with Crippen molar-refractivity contribution in [3.63, 3.8) is 0 Å². The molecule has 0 heterocycles. The van der Waals surface area contributed by atoms with Gasteiger partial charge in [0.1, 0.15) is 5.75 Å². The van der Waals surface area contributed by atoms with Crippen molar-refractivity contribution in [2.45, 2.75) is 20.3 Å². The molecule has 0 aliphatic heterocycles. The first-order valence-electron chi connectivity index (χ1n) is 4.28. The lowest BCUT2D eigenvalue weighted by atomic mass is 10.0. The zero-order valence-corrected chi connectivity index (χ0v) is 10.1. The highest BCUT2D eigenvalue weighted by atomic mass is 127. The van der Waals surface area contributed by atoms with Crippen LogP contribution in [0.2, 0.25) is 0 Å². The summed E-state index contributed by atoms with van der Waals surface area (Å²) in [6.45, 7) is 4.97. The lowest BCUT2D eigenvalue weighted by Gasteiger charge is -2.09. The Kier molecular flexibility index (Phi) is 3.99. The maximum atomic E-state index is 9.43. The summed E-state index contributed by atoms with van der Waals surface area (Å²) in [6, 6.07) is 3.76. The number of rotatable bonds is 3. The predicted octanol–water partition coefficient (Wildman–Crippen LogP) is 2.49. The topological polar surface area (TPSA) is 32.3 Å². The molecule has 3 heteroatoms. The summed E-state index contributed by atoms with van der Waals surface area (Å²) >= 11 is 2.14. The summed E-state index contributed by atoms with van der Waals surface area (Å²) in [6.07, 6.45) is 1.01. The lowest BCUT2D eigenvalue weighted by molar-refractivity contribution is 0.470. The molecule has 0 spiro atoms. The minimum Gasteiger partial charge on any atom is -0.508 e. The standard InChI is InChI=1S/C10H14INO/c1-7-8(2)10(13)4-3-9(7)5-6-12-11/h3-4,12-13H,5-6H2,1-2H3. The molecule has 0 bridgehead atoms. The van der Waals surface area contributed by atoms with Crippen LogP contribution in [0.5, 0.6) is 5.75 Å². The lowest BCUT2D eigenvalue weighted by Crippen LogP contribution is -2.05. The Balaban J connectivity index is 2.90. The molecule has 0 amide bonds. The van der Waals surface area contributed by atoms with E-state index in [2.05, 4.69) is 33.3 Å². The Morgan fingerprint density at radius 3 is 2.62 bits per heavy atom. The molecule has 0 saturated carbocycles. The van der Waals surface area contributed by atoms with Crippen molar-refractivity contribution in [2.75, 3.05) is 6.54 Å². The second-order valence-corrected chi connectivity index (χ2v) is 3.89. The summed E-state index contributed by atoms with van der Waals surface area (Å²) < 4.78 is 3.08. The summed E-state index contributed by atoms with van der Waals surface area (Å²) in [7, 11) is 0. The van der Waals surface area contributed by atoms with Crippen molar-refractivity contribution in [3.05, 3.63) is 28.8 Å². The summed E-state index contributed by atoms with van der Waals surface area (Å²) in [4.78, 5) is 0. The maximum absolute atomic E-state index is 9.43. The number of hydrogen-bond donors (Lipinski definition) is 2. The van der Waals surface area contributed by atoms with Gasteiger partial charge < -0.3 is 5.11 Å². The van der Waals surface area contributed by atoms with E-state index in [1.807, 2.05) is 13.0 Å². The van der Waals surface area contributed by atoms with Crippen LogP contribution >= 0.6 is 22.9 Å². The van der Waals surface area contributed by atoms with E-state index in [-0.39, 0.29) is 0 Å². The van der Waals surface area contributed by atoms with E-state index >= 15 is 0 Å². The molecule has 72 valence electrons. The number of aromatic hydroxyl groups is 1. The van der Waals surface area contributed by atoms with Crippen molar-refractivity contribution in [3.8, 4) is 5.75 Å². The molecule has 1 aromatic rings. The Morgan fingerprint density at radius 2 is 2.00 bits per heavy atom. The third kappa shape index (κ3) is 2.57. The van der Waals surface area contributed by atoms with E-state index in [0.29, 0.717) is 5.75 Å². The Labute approximate surface area is 92.9 Å². The molecule has 0 atom stereocenters. The molecule has 0 unspecified atom stereocenters. The van der Waals surface area contributed by atoms with Gasteiger partial charge in [-0.15, -0.1) is 0 Å². The first-order valence-corrected chi connectivity index (χ1v) is 5.36. The van der Waals surface area contributed by atoms with Gasteiger partial charge >= 0.3 is 0 Å². The quantitative estimate of drug-likeness (QED) is 0.662. The van der Waals surface area contributed by atoms with Gasteiger partial charge in [-0.1, -0.05) is 6.07 Å². The van der Waals surface area contributed by atoms with E-state index in [0.717, 1.165) is 18.5 Å². The number of hydrogen-bond acceptors (Lipinski definition) is 2. The van der Waals surface area contributed by atoms with E-state index in [1.165, 1.54) is 11.1 Å². The van der Waals surface area contributed by atoms with Crippen molar-refractivity contribution in [1.82, 2.24) is 3.53 Å². The van der Waals surface area contributed by atoms with Gasteiger partial charge in [-0.25, -0.2) is 0 Å². The van der Waals surface area contributed by atoms with Gasteiger partial charge in [0.05, 0.1) is 0 Å². The monoisotopic (exact) mass is 291 g/mol. The van der Waals surface area contributed by atoms with Crippen LogP contribution in [0.25, 0.3) is 0 Å². The van der Waals surface area contributed by atoms with Crippen LogP contribution in [-0.4, -0.2) is 11.7 Å². The van der Waals surface area contributed by atoms with Gasteiger partial charge in [-0.05, 0) is 43.0 Å². The van der Waals surface area contributed by atoms with Crippen LogP contribution < -0.4 is 3.53 Å². The molecule has 2 nitrogen and oxygen atoms in total. The Hall–Kier alpha value is -0.290. The van der Waals surface area contributed by atoms with Crippen LogP contribution in [0.3, 0.4) is 0 Å². The summed E-state index contributed by atoms with van der Waals surface area (Å²) in [5.74, 6) is 0.392. The second kappa shape index (κ2) is 4.81. The largest absolute Gasteiger partial charge is 0.508 e. The predicted molar refractivity (Wildman–Crippen MR) is 63.3 cm³/mol. The van der Waals surface area contributed by atoms with Gasteiger partial charge in [-0.3, -0.25) is 3.53 Å². The van der Waals surface area contributed by atoms with E-state index in [4.69, 9.17) is 0 Å².